The number of fused-ring (bicyclic) bond motifs is 1. The molecule has 2 aromatic rings. The van der Waals surface area contributed by atoms with Gasteiger partial charge >= 0.3 is 0 Å². The molecular weight excluding hydrogens is 244 g/mol. The SMILES string of the molecule is Cc1ccc2ncn(C3CCCS(=O)CC3)c2c1. The van der Waals surface area contributed by atoms with Gasteiger partial charge in [-0.2, -0.15) is 0 Å². The molecule has 0 N–H and O–H groups in total. The summed E-state index contributed by atoms with van der Waals surface area (Å²) in [4.78, 5) is 4.47. The average molecular weight is 262 g/mol. The molecule has 2 atom stereocenters. The van der Waals surface area contributed by atoms with Crippen molar-refractivity contribution in [2.24, 2.45) is 0 Å². The van der Waals surface area contributed by atoms with Crippen molar-refractivity contribution in [2.75, 3.05) is 11.5 Å². The first-order chi connectivity index (χ1) is 8.74. The van der Waals surface area contributed by atoms with Crippen LogP contribution in [-0.2, 0) is 10.8 Å². The summed E-state index contributed by atoms with van der Waals surface area (Å²) in [6.45, 7) is 2.11. The smallest absolute Gasteiger partial charge is 0.0960 e. The predicted molar refractivity (Wildman–Crippen MR) is 75.2 cm³/mol. The van der Waals surface area contributed by atoms with Crippen LogP contribution >= 0.6 is 0 Å². The molecule has 1 aromatic heterocycles. The molecule has 1 aromatic carbocycles. The van der Waals surface area contributed by atoms with Gasteiger partial charge in [0, 0.05) is 28.3 Å². The van der Waals surface area contributed by atoms with Crippen molar-refractivity contribution < 1.29 is 4.21 Å². The molecule has 3 rings (SSSR count). The van der Waals surface area contributed by atoms with Crippen molar-refractivity contribution in [1.82, 2.24) is 9.55 Å². The van der Waals surface area contributed by atoms with E-state index in [1.165, 1.54) is 11.1 Å². The Hall–Kier alpha value is -1.16. The number of imidazole rings is 1. The van der Waals surface area contributed by atoms with E-state index in [2.05, 4.69) is 34.7 Å². The molecule has 4 heteroatoms. The fraction of sp³-hybridized carbons (Fsp3) is 0.500. The Kier molecular flexibility index (Phi) is 3.20. The largest absolute Gasteiger partial charge is 0.327 e. The molecule has 1 aliphatic rings. The van der Waals surface area contributed by atoms with E-state index in [0.29, 0.717) is 6.04 Å². The minimum absolute atomic E-state index is 0.461. The van der Waals surface area contributed by atoms with Crippen LogP contribution in [0.25, 0.3) is 11.0 Å². The lowest BCUT2D eigenvalue weighted by atomic mass is 10.1. The standard InChI is InChI=1S/C14H18N2OS/c1-11-4-5-13-14(9-11)16(10-15-13)12-3-2-7-18(17)8-6-12/h4-5,9-10,12H,2-3,6-8H2,1H3. The Balaban J connectivity index is 1.98. The Morgan fingerprint density at radius 2 is 2.22 bits per heavy atom. The summed E-state index contributed by atoms with van der Waals surface area (Å²) in [6, 6.07) is 6.84. The van der Waals surface area contributed by atoms with E-state index in [0.717, 1.165) is 36.3 Å². The fourth-order valence-corrected chi connectivity index (χ4v) is 3.93. The lowest BCUT2D eigenvalue weighted by Gasteiger charge is -2.16. The third-order valence-electron chi connectivity index (χ3n) is 3.71. The van der Waals surface area contributed by atoms with Crippen molar-refractivity contribution in [3.63, 3.8) is 0 Å². The first kappa shape index (κ1) is 11.9. The first-order valence-corrected chi connectivity index (χ1v) is 8.01. The maximum atomic E-state index is 11.6. The van der Waals surface area contributed by atoms with Gasteiger partial charge in [0.25, 0.3) is 0 Å². The van der Waals surface area contributed by atoms with Crippen molar-refractivity contribution >= 4 is 21.8 Å². The summed E-state index contributed by atoms with van der Waals surface area (Å²) < 4.78 is 13.9. The van der Waals surface area contributed by atoms with Gasteiger partial charge in [0.1, 0.15) is 0 Å². The Labute approximate surface area is 110 Å². The number of hydrogen-bond acceptors (Lipinski definition) is 2. The highest BCUT2D eigenvalue weighted by Gasteiger charge is 2.18. The van der Waals surface area contributed by atoms with Crippen molar-refractivity contribution in [2.45, 2.75) is 32.2 Å². The molecule has 1 aliphatic heterocycles. The fourth-order valence-electron chi connectivity index (χ4n) is 2.70. The van der Waals surface area contributed by atoms with Crippen molar-refractivity contribution in [3.8, 4) is 0 Å². The van der Waals surface area contributed by atoms with Gasteiger partial charge < -0.3 is 4.57 Å². The van der Waals surface area contributed by atoms with Gasteiger partial charge in [-0.1, -0.05) is 6.07 Å². The van der Waals surface area contributed by atoms with E-state index in [-0.39, 0.29) is 0 Å². The molecule has 1 saturated heterocycles. The lowest BCUT2D eigenvalue weighted by molar-refractivity contribution is 0.468. The van der Waals surface area contributed by atoms with Crippen LogP contribution in [-0.4, -0.2) is 25.3 Å². The third kappa shape index (κ3) is 2.21. The monoisotopic (exact) mass is 262 g/mol. The second kappa shape index (κ2) is 4.84. The summed E-state index contributed by atoms with van der Waals surface area (Å²) in [5.74, 6) is 1.69. The summed E-state index contributed by atoms with van der Waals surface area (Å²) in [7, 11) is -0.612. The van der Waals surface area contributed by atoms with Crippen molar-refractivity contribution in [3.05, 3.63) is 30.1 Å². The van der Waals surface area contributed by atoms with Gasteiger partial charge in [0.15, 0.2) is 0 Å². The number of aromatic nitrogens is 2. The van der Waals surface area contributed by atoms with Crippen LogP contribution in [0.15, 0.2) is 24.5 Å². The summed E-state index contributed by atoms with van der Waals surface area (Å²) >= 11 is 0. The molecule has 0 bridgehead atoms. The lowest BCUT2D eigenvalue weighted by Crippen LogP contribution is -2.08. The molecule has 0 aliphatic carbocycles. The van der Waals surface area contributed by atoms with E-state index in [1.807, 2.05) is 6.33 Å². The quantitative estimate of drug-likeness (QED) is 0.792. The highest BCUT2D eigenvalue weighted by molar-refractivity contribution is 7.84. The topological polar surface area (TPSA) is 34.9 Å². The summed E-state index contributed by atoms with van der Waals surface area (Å²) in [5, 5.41) is 0. The molecular formula is C14H18N2OS. The van der Waals surface area contributed by atoms with Gasteiger partial charge in [-0.15, -0.1) is 0 Å². The molecule has 2 heterocycles. The van der Waals surface area contributed by atoms with E-state index >= 15 is 0 Å². The number of benzene rings is 1. The first-order valence-electron chi connectivity index (χ1n) is 6.52. The van der Waals surface area contributed by atoms with Crippen LogP contribution in [0.1, 0.15) is 30.9 Å². The second-order valence-corrected chi connectivity index (χ2v) is 6.77. The van der Waals surface area contributed by atoms with E-state index < -0.39 is 10.8 Å². The molecule has 3 nitrogen and oxygen atoms in total. The van der Waals surface area contributed by atoms with E-state index in [1.54, 1.807) is 0 Å². The van der Waals surface area contributed by atoms with Crippen LogP contribution in [0.5, 0.6) is 0 Å². The summed E-state index contributed by atoms with van der Waals surface area (Å²) in [6.07, 6.45) is 5.13. The van der Waals surface area contributed by atoms with Crippen LogP contribution in [0.4, 0.5) is 0 Å². The third-order valence-corrected chi connectivity index (χ3v) is 5.15. The Bertz CT molecular complexity index is 590. The van der Waals surface area contributed by atoms with Gasteiger partial charge in [-0.05, 0) is 43.9 Å². The minimum Gasteiger partial charge on any atom is -0.327 e. The molecule has 1 fully saturated rings. The zero-order valence-corrected chi connectivity index (χ0v) is 11.4. The Morgan fingerprint density at radius 3 is 3.11 bits per heavy atom. The average Bonchev–Trinajstić information content (AvgIpc) is 2.64. The highest BCUT2D eigenvalue weighted by atomic mass is 32.2. The Morgan fingerprint density at radius 1 is 1.33 bits per heavy atom. The minimum atomic E-state index is -0.612. The van der Waals surface area contributed by atoms with Crippen molar-refractivity contribution in [1.29, 1.82) is 0 Å². The zero-order valence-electron chi connectivity index (χ0n) is 10.6. The molecule has 2 unspecified atom stereocenters. The van der Waals surface area contributed by atoms with Crippen LogP contribution in [0.2, 0.25) is 0 Å². The van der Waals surface area contributed by atoms with Gasteiger partial charge in [-0.3, -0.25) is 4.21 Å². The van der Waals surface area contributed by atoms with Gasteiger partial charge in [0.05, 0.1) is 17.4 Å². The normalized spacial score (nSPS) is 25.2. The van der Waals surface area contributed by atoms with E-state index in [9.17, 15) is 4.21 Å². The second-order valence-electron chi connectivity index (χ2n) is 5.08. The molecule has 18 heavy (non-hydrogen) atoms. The molecule has 96 valence electrons. The summed E-state index contributed by atoms with van der Waals surface area (Å²) in [5.41, 5.74) is 3.54. The number of aryl methyl sites for hydroxylation is 1. The number of rotatable bonds is 1. The highest BCUT2D eigenvalue weighted by Crippen LogP contribution is 2.27. The van der Waals surface area contributed by atoms with Crippen LogP contribution in [0.3, 0.4) is 0 Å². The maximum absolute atomic E-state index is 11.6. The number of nitrogens with zero attached hydrogens (tertiary/aromatic N) is 2. The molecule has 0 spiro atoms. The maximum Gasteiger partial charge on any atom is 0.0960 e. The van der Waals surface area contributed by atoms with Crippen LogP contribution < -0.4 is 0 Å². The van der Waals surface area contributed by atoms with E-state index in [4.69, 9.17) is 0 Å². The predicted octanol–water partition coefficient (Wildman–Crippen LogP) is 2.82. The molecule has 0 radical (unpaired) electrons. The molecule has 0 amide bonds. The zero-order chi connectivity index (χ0) is 12.5. The van der Waals surface area contributed by atoms with Gasteiger partial charge in [0.2, 0.25) is 0 Å². The van der Waals surface area contributed by atoms with Gasteiger partial charge in [-0.25, -0.2) is 4.98 Å². The number of hydrogen-bond donors (Lipinski definition) is 0. The van der Waals surface area contributed by atoms with Crippen LogP contribution in [0, 0.1) is 6.92 Å². The molecule has 0 saturated carbocycles.